The van der Waals surface area contributed by atoms with Crippen LogP contribution in [0, 0.1) is 5.92 Å². The van der Waals surface area contributed by atoms with Crippen molar-refractivity contribution in [2.24, 2.45) is 5.92 Å². The lowest BCUT2D eigenvalue weighted by Gasteiger charge is -2.31. The van der Waals surface area contributed by atoms with Gasteiger partial charge < -0.3 is 20.1 Å². The number of esters is 1. The van der Waals surface area contributed by atoms with Crippen molar-refractivity contribution in [2.45, 2.75) is 66.0 Å². The first-order valence-corrected chi connectivity index (χ1v) is 10.1. The molecular weight excluding hydrogens is 356 g/mol. The van der Waals surface area contributed by atoms with Crippen molar-refractivity contribution in [3.8, 4) is 5.75 Å². The Balaban J connectivity index is 2.28. The third-order valence-corrected chi connectivity index (χ3v) is 4.47. The maximum Gasteiger partial charge on any atom is 0.338 e. The van der Waals surface area contributed by atoms with Gasteiger partial charge in [0.15, 0.2) is 0 Å². The maximum atomic E-state index is 12.8. The van der Waals surface area contributed by atoms with E-state index in [1.165, 1.54) is 0 Å². The molecule has 1 aromatic carbocycles. The van der Waals surface area contributed by atoms with Gasteiger partial charge in [-0.05, 0) is 43.9 Å². The molecule has 1 aliphatic heterocycles. The Hall–Kier alpha value is -2.50. The van der Waals surface area contributed by atoms with Gasteiger partial charge in [-0.2, -0.15) is 0 Å². The second-order valence-electron chi connectivity index (χ2n) is 7.59. The Morgan fingerprint density at radius 3 is 2.36 bits per heavy atom. The number of unbranched alkanes of at least 4 members (excludes halogenated alkanes) is 2. The predicted octanol–water partition coefficient (Wildman–Crippen LogP) is 4.47. The van der Waals surface area contributed by atoms with Gasteiger partial charge >= 0.3 is 12.0 Å². The number of allylic oxidation sites excluding steroid dienone is 1. The number of amides is 2. The normalized spacial score (nSPS) is 16.8. The van der Waals surface area contributed by atoms with Gasteiger partial charge in [0.05, 0.1) is 24.3 Å². The lowest BCUT2D eigenvalue weighted by Crippen LogP contribution is -2.47. The highest BCUT2D eigenvalue weighted by atomic mass is 16.5. The molecule has 2 amide bonds. The van der Waals surface area contributed by atoms with Crippen molar-refractivity contribution >= 4 is 12.0 Å². The highest BCUT2D eigenvalue weighted by Gasteiger charge is 2.35. The molecule has 6 nitrogen and oxygen atoms in total. The van der Waals surface area contributed by atoms with Crippen molar-refractivity contribution in [2.75, 3.05) is 6.61 Å². The molecule has 0 bridgehead atoms. The standard InChI is InChI=1S/C22H32N2O4/c1-6-7-8-13-27-17-11-9-16(10-12-17)20-18(21(25)28-15(4)5)19(14(2)3)23-22(26)24-20/h9-12,14-15,20H,6-8,13H2,1-5H3,(H2,23,24,26). The molecule has 0 radical (unpaired) electrons. The van der Waals surface area contributed by atoms with Crippen LogP contribution in [0.5, 0.6) is 5.75 Å². The van der Waals surface area contributed by atoms with E-state index in [0.717, 1.165) is 30.6 Å². The van der Waals surface area contributed by atoms with E-state index in [4.69, 9.17) is 9.47 Å². The monoisotopic (exact) mass is 388 g/mol. The molecule has 1 heterocycles. The average Bonchev–Trinajstić information content (AvgIpc) is 2.64. The molecule has 0 fully saturated rings. The first-order chi connectivity index (χ1) is 13.3. The number of hydrogen-bond donors (Lipinski definition) is 2. The third kappa shape index (κ3) is 5.75. The first kappa shape index (κ1) is 21.8. The van der Waals surface area contributed by atoms with Gasteiger partial charge in [-0.15, -0.1) is 0 Å². The minimum Gasteiger partial charge on any atom is -0.494 e. The number of benzene rings is 1. The summed E-state index contributed by atoms with van der Waals surface area (Å²) in [4.78, 5) is 25.0. The van der Waals surface area contributed by atoms with E-state index in [9.17, 15) is 9.59 Å². The van der Waals surface area contributed by atoms with Crippen molar-refractivity contribution in [1.82, 2.24) is 10.6 Å². The molecule has 1 unspecified atom stereocenters. The quantitative estimate of drug-likeness (QED) is 0.483. The van der Waals surface area contributed by atoms with Gasteiger partial charge in [0.25, 0.3) is 0 Å². The van der Waals surface area contributed by atoms with Crippen LogP contribution in [0.1, 0.15) is 65.5 Å². The van der Waals surface area contributed by atoms with Crippen LogP contribution in [-0.4, -0.2) is 24.7 Å². The Morgan fingerprint density at radius 2 is 1.79 bits per heavy atom. The van der Waals surface area contributed by atoms with Gasteiger partial charge in [-0.1, -0.05) is 45.7 Å². The largest absolute Gasteiger partial charge is 0.494 e. The van der Waals surface area contributed by atoms with E-state index in [0.29, 0.717) is 17.9 Å². The lowest BCUT2D eigenvalue weighted by atomic mass is 9.91. The molecule has 0 aromatic heterocycles. The first-order valence-electron chi connectivity index (χ1n) is 10.1. The predicted molar refractivity (Wildman–Crippen MR) is 109 cm³/mol. The van der Waals surface area contributed by atoms with Crippen LogP contribution >= 0.6 is 0 Å². The summed E-state index contributed by atoms with van der Waals surface area (Å²) in [5.74, 6) is 0.333. The number of carbonyl (C=O) groups excluding carboxylic acids is 2. The molecular formula is C22H32N2O4. The fourth-order valence-electron chi connectivity index (χ4n) is 3.09. The van der Waals surface area contributed by atoms with Gasteiger partial charge in [0, 0.05) is 5.70 Å². The van der Waals surface area contributed by atoms with Crippen LogP contribution in [-0.2, 0) is 9.53 Å². The molecule has 1 aliphatic rings. The highest BCUT2D eigenvalue weighted by Crippen LogP contribution is 2.31. The minimum atomic E-state index is -0.563. The second-order valence-corrected chi connectivity index (χ2v) is 7.59. The zero-order valence-corrected chi connectivity index (χ0v) is 17.5. The summed E-state index contributed by atoms with van der Waals surface area (Å²) in [5, 5.41) is 5.63. The molecule has 0 saturated carbocycles. The van der Waals surface area contributed by atoms with Crippen LogP contribution in [0.15, 0.2) is 35.5 Å². The van der Waals surface area contributed by atoms with E-state index in [1.54, 1.807) is 0 Å². The van der Waals surface area contributed by atoms with E-state index >= 15 is 0 Å². The topological polar surface area (TPSA) is 76.7 Å². The summed E-state index contributed by atoms with van der Waals surface area (Å²) in [6.07, 6.45) is 3.07. The number of hydrogen-bond acceptors (Lipinski definition) is 4. The van der Waals surface area contributed by atoms with E-state index < -0.39 is 12.0 Å². The molecule has 2 rings (SSSR count). The average molecular weight is 389 g/mol. The highest BCUT2D eigenvalue weighted by molar-refractivity contribution is 5.95. The molecule has 0 aliphatic carbocycles. The van der Waals surface area contributed by atoms with Gasteiger partial charge in [-0.3, -0.25) is 0 Å². The molecule has 154 valence electrons. The van der Waals surface area contributed by atoms with Crippen molar-refractivity contribution in [3.63, 3.8) is 0 Å². The Labute approximate surface area is 167 Å². The number of urea groups is 1. The number of rotatable bonds is 9. The minimum absolute atomic E-state index is 0.0237. The molecule has 1 atom stereocenters. The van der Waals surface area contributed by atoms with Crippen LogP contribution in [0.4, 0.5) is 4.79 Å². The molecule has 2 N–H and O–H groups in total. The lowest BCUT2D eigenvalue weighted by molar-refractivity contribution is -0.143. The Bertz CT molecular complexity index is 708. The molecule has 6 heteroatoms. The summed E-state index contributed by atoms with van der Waals surface area (Å²) in [7, 11) is 0. The number of ether oxygens (including phenoxy) is 2. The third-order valence-electron chi connectivity index (χ3n) is 4.47. The fraction of sp³-hybridized carbons (Fsp3) is 0.545. The van der Waals surface area contributed by atoms with E-state index in [1.807, 2.05) is 52.0 Å². The molecule has 1 aromatic rings. The zero-order chi connectivity index (χ0) is 20.7. The summed E-state index contributed by atoms with van der Waals surface area (Å²) >= 11 is 0. The SMILES string of the molecule is CCCCCOc1ccc(C2NC(=O)NC(C(C)C)=C2C(=O)OC(C)C)cc1. The maximum absolute atomic E-state index is 12.8. The van der Waals surface area contributed by atoms with Crippen molar-refractivity contribution in [1.29, 1.82) is 0 Å². The fourth-order valence-corrected chi connectivity index (χ4v) is 3.09. The molecule has 0 spiro atoms. The summed E-state index contributed by atoms with van der Waals surface area (Å²) in [6.45, 7) is 10.3. The summed E-state index contributed by atoms with van der Waals surface area (Å²) < 4.78 is 11.2. The van der Waals surface area contributed by atoms with Crippen LogP contribution in [0.2, 0.25) is 0 Å². The van der Waals surface area contributed by atoms with Gasteiger partial charge in [0.1, 0.15) is 5.75 Å². The summed E-state index contributed by atoms with van der Waals surface area (Å²) in [6, 6.07) is 6.62. The zero-order valence-electron chi connectivity index (χ0n) is 17.5. The summed E-state index contributed by atoms with van der Waals surface area (Å²) in [5.41, 5.74) is 1.85. The van der Waals surface area contributed by atoms with E-state index in [2.05, 4.69) is 17.6 Å². The number of carbonyl (C=O) groups is 2. The second kappa shape index (κ2) is 10.2. The van der Waals surface area contributed by atoms with E-state index in [-0.39, 0.29) is 18.1 Å². The van der Waals surface area contributed by atoms with Crippen molar-refractivity contribution in [3.05, 3.63) is 41.1 Å². The van der Waals surface area contributed by atoms with Crippen LogP contribution in [0.25, 0.3) is 0 Å². The Morgan fingerprint density at radius 1 is 1.11 bits per heavy atom. The van der Waals surface area contributed by atoms with Crippen LogP contribution < -0.4 is 15.4 Å². The Kier molecular flexibility index (Phi) is 7.91. The van der Waals surface area contributed by atoms with Crippen LogP contribution in [0.3, 0.4) is 0 Å². The number of nitrogens with one attached hydrogen (secondary N) is 2. The van der Waals surface area contributed by atoms with Gasteiger partial charge in [-0.25, -0.2) is 9.59 Å². The van der Waals surface area contributed by atoms with Crippen molar-refractivity contribution < 1.29 is 19.1 Å². The molecule has 28 heavy (non-hydrogen) atoms. The molecule has 0 saturated heterocycles. The van der Waals surface area contributed by atoms with Gasteiger partial charge in [0.2, 0.25) is 0 Å². The smallest absolute Gasteiger partial charge is 0.338 e.